The van der Waals surface area contributed by atoms with E-state index in [2.05, 4.69) is 31.0 Å². The first-order valence-electron chi connectivity index (χ1n) is 8.04. The molecule has 1 aliphatic rings. The first-order valence-corrected chi connectivity index (χ1v) is 8.86. The van der Waals surface area contributed by atoms with Crippen LogP contribution in [0.15, 0.2) is 35.3 Å². The minimum Gasteiger partial charge on any atom is -0.454 e. The lowest BCUT2D eigenvalue weighted by molar-refractivity contribution is -0.117. The molecule has 2 heterocycles. The average molecular weight is 354 g/mol. The molecule has 6 heteroatoms. The van der Waals surface area contributed by atoms with Gasteiger partial charge in [0.2, 0.25) is 6.79 Å². The van der Waals surface area contributed by atoms with Gasteiger partial charge < -0.3 is 14.0 Å². The van der Waals surface area contributed by atoms with Crippen LogP contribution in [-0.2, 0) is 18.3 Å². The molecule has 5 nitrogen and oxygen atoms in total. The largest absolute Gasteiger partial charge is 0.454 e. The van der Waals surface area contributed by atoms with E-state index in [0.29, 0.717) is 5.75 Å². The van der Waals surface area contributed by atoms with Gasteiger partial charge in [0.05, 0.1) is 16.6 Å². The lowest BCUT2D eigenvalue weighted by Crippen LogP contribution is -2.14. The van der Waals surface area contributed by atoms with Crippen LogP contribution in [0.3, 0.4) is 0 Å². The van der Waals surface area contributed by atoms with E-state index in [4.69, 9.17) is 9.47 Å². The molecule has 2 aromatic carbocycles. The lowest BCUT2D eigenvalue weighted by Gasteiger charge is -2.02. The van der Waals surface area contributed by atoms with Crippen LogP contribution in [0.2, 0.25) is 0 Å². The van der Waals surface area contributed by atoms with Crippen LogP contribution < -0.4 is 14.3 Å². The highest BCUT2D eigenvalue weighted by Gasteiger charge is 2.14. The highest BCUT2D eigenvalue weighted by molar-refractivity contribution is 7.16. The van der Waals surface area contributed by atoms with E-state index in [0.717, 1.165) is 26.3 Å². The van der Waals surface area contributed by atoms with Gasteiger partial charge in [0.25, 0.3) is 5.91 Å². The molecule has 128 valence electrons. The van der Waals surface area contributed by atoms with E-state index in [1.807, 2.05) is 29.8 Å². The molecule has 1 aliphatic heterocycles. The van der Waals surface area contributed by atoms with Gasteiger partial charge >= 0.3 is 0 Å². The molecular weight excluding hydrogens is 336 g/mol. The third-order valence-corrected chi connectivity index (χ3v) is 5.32. The van der Waals surface area contributed by atoms with Crippen molar-refractivity contribution in [3.05, 3.63) is 51.8 Å². The molecule has 0 aliphatic carbocycles. The maximum Gasteiger partial charge on any atom is 0.252 e. The van der Waals surface area contributed by atoms with Crippen molar-refractivity contribution in [3.8, 4) is 11.5 Å². The van der Waals surface area contributed by atoms with Gasteiger partial charge in [-0.3, -0.25) is 4.79 Å². The molecule has 0 radical (unpaired) electrons. The van der Waals surface area contributed by atoms with Crippen LogP contribution in [0.25, 0.3) is 10.2 Å². The monoisotopic (exact) mass is 354 g/mol. The zero-order valence-corrected chi connectivity index (χ0v) is 15.1. The first kappa shape index (κ1) is 15.9. The maximum atomic E-state index is 12.4. The van der Waals surface area contributed by atoms with Crippen molar-refractivity contribution >= 4 is 27.5 Å². The Kier molecular flexibility index (Phi) is 3.84. The molecular formula is C19H18N2O3S. The zero-order valence-electron chi connectivity index (χ0n) is 14.3. The fraction of sp³-hybridized carbons (Fsp3) is 0.263. The Morgan fingerprint density at radius 3 is 2.84 bits per heavy atom. The smallest absolute Gasteiger partial charge is 0.252 e. The van der Waals surface area contributed by atoms with Crippen molar-refractivity contribution in [1.82, 2.24) is 4.57 Å². The van der Waals surface area contributed by atoms with Crippen molar-refractivity contribution in [2.24, 2.45) is 12.0 Å². The van der Waals surface area contributed by atoms with Crippen LogP contribution >= 0.6 is 11.3 Å². The van der Waals surface area contributed by atoms with E-state index >= 15 is 0 Å². The van der Waals surface area contributed by atoms with Crippen molar-refractivity contribution < 1.29 is 14.3 Å². The van der Waals surface area contributed by atoms with Gasteiger partial charge in [0.15, 0.2) is 16.3 Å². The van der Waals surface area contributed by atoms with Crippen LogP contribution in [0.1, 0.15) is 16.7 Å². The maximum absolute atomic E-state index is 12.4. The average Bonchev–Trinajstić information content (AvgIpc) is 3.11. The van der Waals surface area contributed by atoms with E-state index in [1.165, 1.54) is 11.1 Å². The Morgan fingerprint density at radius 2 is 2.00 bits per heavy atom. The minimum atomic E-state index is -0.171. The van der Waals surface area contributed by atoms with Crippen molar-refractivity contribution in [1.29, 1.82) is 0 Å². The summed E-state index contributed by atoms with van der Waals surface area (Å²) >= 11 is 1.54. The number of amides is 1. The summed E-state index contributed by atoms with van der Waals surface area (Å²) in [4.78, 5) is 17.5. The standard InChI is InChI=1S/C19H18N2O3S/c1-11-6-12(2)18-16(7-11)25-19(21(18)3)20-17(22)9-13-4-5-14-15(8-13)24-10-23-14/h4-8H,9-10H2,1-3H3. The van der Waals surface area contributed by atoms with Crippen LogP contribution in [0.4, 0.5) is 0 Å². The second kappa shape index (κ2) is 6.04. The van der Waals surface area contributed by atoms with Crippen molar-refractivity contribution in [2.75, 3.05) is 6.79 Å². The molecule has 0 unspecified atom stereocenters. The van der Waals surface area contributed by atoms with Gasteiger partial charge in [-0.2, -0.15) is 4.99 Å². The van der Waals surface area contributed by atoms with Gasteiger partial charge in [-0.15, -0.1) is 0 Å². The van der Waals surface area contributed by atoms with Gasteiger partial charge in [-0.05, 0) is 48.7 Å². The number of hydrogen-bond acceptors (Lipinski definition) is 4. The van der Waals surface area contributed by atoms with Gasteiger partial charge in [0, 0.05) is 7.05 Å². The number of carbonyl (C=O) groups is 1. The number of benzene rings is 2. The normalized spacial score (nSPS) is 13.6. The Hall–Kier alpha value is -2.60. The molecule has 0 fully saturated rings. The first-order chi connectivity index (χ1) is 12.0. The molecule has 25 heavy (non-hydrogen) atoms. The minimum absolute atomic E-state index is 0.171. The summed E-state index contributed by atoms with van der Waals surface area (Å²) in [6, 6.07) is 9.83. The SMILES string of the molecule is Cc1cc(C)c2c(c1)sc(=NC(=O)Cc1ccc3c(c1)OCO3)n2C. The summed E-state index contributed by atoms with van der Waals surface area (Å²) in [6.45, 7) is 4.39. The number of carbonyl (C=O) groups excluding carboxylic acids is 1. The van der Waals surface area contributed by atoms with Crippen LogP contribution in [0, 0.1) is 13.8 Å². The zero-order chi connectivity index (χ0) is 17.6. The quantitative estimate of drug-likeness (QED) is 0.710. The summed E-state index contributed by atoms with van der Waals surface area (Å²) in [5, 5.41) is 0. The number of ether oxygens (including phenoxy) is 2. The highest BCUT2D eigenvalue weighted by atomic mass is 32.1. The Bertz CT molecular complexity index is 1060. The fourth-order valence-electron chi connectivity index (χ4n) is 3.16. The second-order valence-corrected chi connectivity index (χ2v) is 7.25. The van der Waals surface area contributed by atoms with Crippen LogP contribution in [0.5, 0.6) is 11.5 Å². The van der Waals surface area contributed by atoms with Gasteiger partial charge in [0.1, 0.15) is 0 Å². The van der Waals surface area contributed by atoms with E-state index in [1.54, 1.807) is 11.3 Å². The Morgan fingerprint density at radius 1 is 1.20 bits per heavy atom. The molecule has 0 saturated carbocycles. The predicted octanol–water partition coefficient (Wildman–Crippen LogP) is 3.26. The summed E-state index contributed by atoms with van der Waals surface area (Å²) in [5.41, 5.74) is 4.41. The number of nitrogens with zero attached hydrogens (tertiary/aromatic N) is 2. The van der Waals surface area contributed by atoms with E-state index < -0.39 is 0 Å². The number of thiazole rings is 1. The topological polar surface area (TPSA) is 52.8 Å². The molecule has 0 spiro atoms. The third-order valence-electron chi connectivity index (χ3n) is 4.25. The predicted molar refractivity (Wildman–Crippen MR) is 97.1 cm³/mol. The Balaban J connectivity index is 1.66. The Labute approximate surface area is 149 Å². The van der Waals surface area contributed by atoms with E-state index in [-0.39, 0.29) is 19.1 Å². The van der Waals surface area contributed by atoms with Crippen molar-refractivity contribution in [2.45, 2.75) is 20.3 Å². The van der Waals surface area contributed by atoms with Gasteiger partial charge in [-0.25, -0.2) is 0 Å². The number of fused-ring (bicyclic) bond motifs is 2. The summed E-state index contributed by atoms with van der Waals surface area (Å²) in [6.07, 6.45) is 0.239. The van der Waals surface area contributed by atoms with Gasteiger partial charge in [-0.1, -0.05) is 23.5 Å². The summed E-state index contributed by atoms with van der Waals surface area (Å²) in [7, 11) is 1.95. The molecule has 1 aromatic heterocycles. The number of aryl methyl sites for hydroxylation is 3. The molecule has 0 saturated heterocycles. The van der Waals surface area contributed by atoms with Crippen molar-refractivity contribution in [3.63, 3.8) is 0 Å². The molecule has 0 bridgehead atoms. The number of rotatable bonds is 2. The molecule has 4 rings (SSSR count). The third kappa shape index (κ3) is 2.93. The fourth-order valence-corrected chi connectivity index (χ4v) is 4.37. The molecule has 0 N–H and O–H groups in total. The summed E-state index contributed by atoms with van der Waals surface area (Å²) < 4.78 is 13.8. The summed E-state index contributed by atoms with van der Waals surface area (Å²) in [5.74, 6) is 1.23. The molecule has 3 aromatic rings. The van der Waals surface area contributed by atoms with Crippen LogP contribution in [-0.4, -0.2) is 17.3 Å². The van der Waals surface area contributed by atoms with E-state index in [9.17, 15) is 4.79 Å². The molecule has 1 amide bonds. The second-order valence-electron chi connectivity index (χ2n) is 6.24. The number of hydrogen-bond donors (Lipinski definition) is 0. The highest BCUT2D eigenvalue weighted by Crippen LogP contribution is 2.32. The number of aromatic nitrogens is 1. The molecule has 0 atom stereocenters. The lowest BCUT2D eigenvalue weighted by atomic mass is 10.1.